The molecule has 7 nitrogen and oxygen atoms in total. The van der Waals surface area contributed by atoms with Gasteiger partial charge in [-0.1, -0.05) is 0 Å². The van der Waals surface area contributed by atoms with Crippen LogP contribution < -0.4 is 5.73 Å². The largest absolute Gasteiger partial charge is 0.337 e. The van der Waals surface area contributed by atoms with Crippen molar-refractivity contribution in [1.82, 2.24) is 9.47 Å². The van der Waals surface area contributed by atoms with Crippen LogP contribution in [0.4, 0.5) is 5.69 Å². The molecule has 0 bridgehead atoms. The average molecular weight is 294 g/mol. The number of carbonyl (C=O) groups excluding carboxylic acids is 1. The number of aryl methyl sites for hydroxylation is 1. The van der Waals surface area contributed by atoms with Crippen LogP contribution in [-0.2, 0) is 6.54 Å². The van der Waals surface area contributed by atoms with Gasteiger partial charge >= 0.3 is 0 Å². The lowest BCUT2D eigenvalue weighted by molar-refractivity contribution is -0.384. The third-order valence-electron chi connectivity index (χ3n) is 4.03. The van der Waals surface area contributed by atoms with Gasteiger partial charge in [-0.25, -0.2) is 0 Å². The third kappa shape index (κ3) is 3.41. The van der Waals surface area contributed by atoms with E-state index in [4.69, 9.17) is 5.73 Å². The molecule has 1 unspecified atom stereocenters. The van der Waals surface area contributed by atoms with E-state index in [0.717, 1.165) is 19.3 Å². The Labute approximate surface area is 123 Å². The van der Waals surface area contributed by atoms with Crippen molar-refractivity contribution in [2.75, 3.05) is 19.6 Å². The molecule has 0 aromatic carbocycles. The summed E-state index contributed by atoms with van der Waals surface area (Å²) in [5.74, 6) is 0.319. The van der Waals surface area contributed by atoms with Crippen LogP contribution in [-0.4, -0.2) is 39.9 Å². The minimum absolute atomic E-state index is 0.0317. The van der Waals surface area contributed by atoms with E-state index in [1.165, 1.54) is 12.3 Å². The Morgan fingerprint density at radius 3 is 2.95 bits per heavy atom. The molecule has 1 aromatic heterocycles. The van der Waals surface area contributed by atoms with Gasteiger partial charge in [-0.2, -0.15) is 0 Å². The molecule has 1 aliphatic heterocycles. The number of hydrogen-bond acceptors (Lipinski definition) is 4. The summed E-state index contributed by atoms with van der Waals surface area (Å²) in [6, 6.07) is 1.37. The van der Waals surface area contributed by atoms with Gasteiger partial charge < -0.3 is 15.2 Å². The normalized spacial score (nSPS) is 18.8. The third-order valence-corrected chi connectivity index (χ3v) is 4.03. The second-order valence-electron chi connectivity index (χ2n) is 5.46. The van der Waals surface area contributed by atoms with Crippen molar-refractivity contribution in [3.63, 3.8) is 0 Å². The van der Waals surface area contributed by atoms with Gasteiger partial charge in [0.1, 0.15) is 5.69 Å². The highest BCUT2D eigenvalue weighted by Crippen LogP contribution is 2.23. The number of amides is 1. The fourth-order valence-corrected chi connectivity index (χ4v) is 2.92. The number of nitrogens with two attached hydrogens (primary N) is 1. The maximum absolute atomic E-state index is 12.6. The number of nitro groups is 1. The van der Waals surface area contributed by atoms with Gasteiger partial charge in [0.15, 0.2) is 0 Å². The fraction of sp³-hybridized carbons (Fsp3) is 0.643. The summed E-state index contributed by atoms with van der Waals surface area (Å²) < 4.78 is 1.65. The molecule has 2 heterocycles. The molecular formula is C14H22N4O3. The molecule has 0 spiro atoms. The molecular weight excluding hydrogens is 272 g/mol. The van der Waals surface area contributed by atoms with Gasteiger partial charge in [-0.15, -0.1) is 0 Å². The fourth-order valence-electron chi connectivity index (χ4n) is 2.92. The van der Waals surface area contributed by atoms with E-state index in [2.05, 4.69) is 0 Å². The standard InChI is InChI=1S/C14H22N4O3/c1-2-16-10-12(18(20)21)8-13(16)14(19)17-7-3-4-11(9-17)5-6-15/h8,10-11H,2-7,9,15H2,1H3. The second kappa shape index (κ2) is 6.71. The van der Waals surface area contributed by atoms with Gasteiger partial charge in [-0.05, 0) is 38.6 Å². The van der Waals surface area contributed by atoms with Gasteiger partial charge in [0, 0.05) is 25.7 Å². The molecule has 1 aromatic rings. The molecule has 21 heavy (non-hydrogen) atoms. The first-order valence-electron chi connectivity index (χ1n) is 7.40. The number of piperidine rings is 1. The van der Waals surface area contributed by atoms with Crippen LogP contribution >= 0.6 is 0 Å². The number of likely N-dealkylation sites (tertiary alicyclic amines) is 1. The summed E-state index contributed by atoms with van der Waals surface area (Å²) in [5.41, 5.74) is 5.96. The summed E-state index contributed by atoms with van der Waals surface area (Å²) in [4.78, 5) is 24.8. The van der Waals surface area contributed by atoms with E-state index in [1.807, 2.05) is 6.92 Å². The van der Waals surface area contributed by atoms with E-state index < -0.39 is 4.92 Å². The van der Waals surface area contributed by atoms with Crippen molar-refractivity contribution >= 4 is 11.6 Å². The van der Waals surface area contributed by atoms with Crippen LogP contribution in [0.2, 0.25) is 0 Å². The van der Waals surface area contributed by atoms with Crippen molar-refractivity contribution in [1.29, 1.82) is 0 Å². The van der Waals surface area contributed by atoms with Crippen molar-refractivity contribution in [3.8, 4) is 0 Å². The maximum atomic E-state index is 12.6. The van der Waals surface area contributed by atoms with E-state index in [9.17, 15) is 14.9 Å². The SMILES string of the molecule is CCn1cc([N+](=O)[O-])cc1C(=O)N1CCCC(CCN)C1. The zero-order chi connectivity index (χ0) is 15.4. The van der Waals surface area contributed by atoms with E-state index in [0.29, 0.717) is 37.8 Å². The quantitative estimate of drug-likeness (QED) is 0.659. The van der Waals surface area contributed by atoms with Crippen LogP contribution in [0.3, 0.4) is 0 Å². The molecule has 2 N–H and O–H groups in total. The molecule has 0 aliphatic carbocycles. The van der Waals surface area contributed by atoms with E-state index in [1.54, 1.807) is 9.47 Å². The molecule has 7 heteroatoms. The Kier molecular flexibility index (Phi) is 4.95. The smallest absolute Gasteiger partial charge is 0.287 e. The Balaban J connectivity index is 2.17. The van der Waals surface area contributed by atoms with Crippen LogP contribution in [0.25, 0.3) is 0 Å². The first-order chi connectivity index (χ1) is 10.1. The minimum Gasteiger partial charge on any atom is -0.337 e. The summed E-state index contributed by atoms with van der Waals surface area (Å²) in [5, 5.41) is 10.9. The number of aromatic nitrogens is 1. The molecule has 1 amide bonds. The maximum Gasteiger partial charge on any atom is 0.287 e. The number of carbonyl (C=O) groups is 1. The minimum atomic E-state index is -0.462. The Morgan fingerprint density at radius 2 is 2.33 bits per heavy atom. The van der Waals surface area contributed by atoms with Gasteiger partial charge in [0.05, 0.1) is 11.1 Å². The predicted molar refractivity (Wildman–Crippen MR) is 79.1 cm³/mol. The van der Waals surface area contributed by atoms with Crippen molar-refractivity contribution in [3.05, 3.63) is 28.1 Å². The van der Waals surface area contributed by atoms with Crippen molar-refractivity contribution in [2.45, 2.75) is 32.7 Å². The Hall–Kier alpha value is -1.89. The topological polar surface area (TPSA) is 94.4 Å². The lowest BCUT2D eigenvalue weighted by atomic mass is 9.94. The van der Waals surface area contributed by atoms with Gasteiger partial charge in [0.2, 0.25) is 0 Å². The molecule has 1 atom stereocenters. The van der Waals surface area contributed by atoms with Crippen LogP contribution in [0.1, 0.15) is 36.7 Å². The molecule has 1 aliphatic rings. The highest BCUT2D eigenvalue weighted by Gasteiger charge is 2.27. The summed E-state index contributed by atoms with van der Waals surface area (Å²) in [6.07, 6.45) is 4.40. The van der Waals surface area contributed by atoms with Gasteiger partial charge in [0.25, 0.3) is 11.6 Å². The first-order valence-corrected chi connectivity index (χ1v) is 7.40. The molecule has 116 valence electrons. The zero-order valence-corrected chi connectivity index (χ0v) is 12.3. The molecule has 2 rings (SSSR count). The molecule has 0 saturated carbocycles. The number of nitrogens with zero attached hydrogens (tertiary/aromatic N) is 3. The average Bonchev–Trinajstić information content (AvgIpc) is 2.91. The van der Waals surface area contributed by atoms with Crippen LogP contribution in [0.5, 0.6) is 0 Å². The first kappa shape index (κ1) is 15.5. The summed E-state index contributed by atoms with van der Waals surface area (Å²) in [7, 11) is 0. The lowest BCUT2D eigenvalue weighted by Gasteiger charge is -2.32. The summed E-state index contributed by atoms with van der Waals surface area (Å²) >= 11 is 0. The molecule has 1 saturated heterocycles. The van der Waals surface area contributed by atoms with Gasteiger partial charge in [-0.3, -0.25) is 14.9 Å². The monoisotopic (exact) mass is 294 g/mol. The predicted octanol–water partition coefficient (Wildman–Crippen LogP) is 1.62. The lowest BCUT2D eigenvalue weighted by Crippen LogP contribution is -2.41. The van der Waals surface area contributed by atoms with Crippen molar-refractivity contribution in [2.24, 2.45) is 11.7 Å². The van der Waals surface area contributed by atoms with Crippen LogP contribution in [0.15, 0.2) is 12.3 Å². The highest BCUT2D eigenvalue weighted by molar-refractivity contribution is 5.93. The zero-order valence-electron chi connectivity index (χ0n) is 12.3. The molecule has 0 radical (unpaired) electrons. The highest BCUT2D eigenvalue weighted by atomic mass is 16.6. The number of rotatable bonds is 5. The Bertz CT molecular complexity index is 524. The van der Waals surface area contributed by atoms with E-state index >= 15 is 0 Å². The van der Waals surface area contributed by atoms with Crippen molar-refractivity contribution < 1.29 is 9.72 Å². The van der Waals surface area contributed by atoms with Crippen LogP contribution in [0, 0.1) is 16.0 Å². The number of hydrogen-bond donors (Lipinski definition) is 1. The van der Waals surface area contributed by atoms with E-state index in [-0.39, 0.29) is 11.6 Å². The molecule has 1 fully saturated rings. The second-order valence-corrected chi connectivity index (χ2v) is 5.46. The Morgan fingerprint density at radius 1 is 1.57 bits per heavy atom. The summed E-state index contributed by atoms with van der Waals surface area (Å²) in [6.45, 7) is 4.44.